The van der Waals surface area contributed by atoms with Crippen LogP contribution in [-0.4, -0.2) is 35.9 Å². The summed E-state index contributed by atoms with van der Waals surface area (Å²) in [7, 11) is 0. The highest BCUT2D eigenvalue weighted by Crippen LogP contribution is 2.28. The van der Waals surface area contributed by atoms with Crippen molar-refractivity contribution in [2.45, 2.75) is 38.3 Å². The summed E-state index contributed by atoms with van der Waals surface area (Å²) in [5.41, 5.74) is 1.80. The van der Waals surface area contributed by atoms with Gasteiger partial charge in [-0.3, -0.25) is 9.59 Å². The highest BCUT2D eigenvalue weighted by Gasteiger charge is 2.21. The number of aromatic nitrogens is 6. The molecule has 1 aliphatic rings. The van der Waals surface area contributed by atoms with Gasteiger partial charge in [-0.1, -0.05) is 37.1 Å². The van der Waals surface area contributed by atoms with E-state index in [4.69, 9.17) is 0 Å². The summed E-state index contributed by atoms with van der Waals surface area (Å²) in [6, 6.07) is 14.6. The lowest BCUT2D eigenvalue weighted by atomic mass is 10.1. The lowest BCUT2D eigenvalue weighted by Crippen LogP contribution is -2.30. The summed E-state index contributed by atoms with van der Waals surface area (Å²) in [6.07, 6.45) is 5.60. The van der Waals surface area contributed by atoms with Crippen LogP contribution in [0.2, 0.25) is 0 Å². The average molecular weight is 415 g/mol. The summed E-state index contributed by atoms with van der Waals surface area (Å²) in [4.78, 5) is 25.8. The molecule has 0 aliphatic heterocycles. The van der Waals surface area contributed by atoms with Crippen molar-refractivity contribution in [2.75, 3.05) is 0 Å². The summed E-state index contributed by atoms with van der Waals surface area (Å²) in [6.45, 7) is 0.224. The number of carbonyl (C=O) groups is 1. The van der Waals surface area contributed by atoms with E-state index in [1.807, 2.05) is 30.3 Å². The molecular weight excluding hydrogens is 394 g/mol. The van der Waals surface area contributed by atoms with Crippen molar-refractivity contribution in [2.24, 2.45) is 0 Å². The van der Waals surface area contributed by atoms with E-state index in [1.54, 1.807) is 22.9 Å². The molecule has 1 saturated carbocycles. The van der Waals surface area contributed by atoms with Crippen LogP contribution < -0.4 is 10.9 Å². The largest absolute Gasteiger partial charge is 0.346 e. The van der Waals surface area contributed by atoms with Crippen LogP contribution in [0.5, 0.6) is 0 Å². The van der Waals surface area contributed by atoms with Gasteiger partial charge in [0.15, 0.2) is 0 Å². The maximum absolute atomic E-state index is 13.0. The Morgan fingerprint density at radius 1 is 1.06 bits per heavy atom. The minimum atomic E-state index is -0.237. The van der Waals surface area contributed by atoms with Crippen LogP contribution in [0.3, 0.4) is 0 Å². The Morgan fingerprint density at radius 3 is 2.65 bits per heavy atom. The highest BCUT2D eigenvalue weighted by atomic mass is 16.1. The third-order valence-electron chi connectivity index (χ3n) is 5.71. The predicted octanol–water partition coefficient (Wildman–Crippen LogP) is 2.42. The first-order chi connectivity index (χ1) is 15.2. The van der Waals surface area contributed by atoms with Gasteiger partial charge < -0.3 is 5.32 Å². The van der Waals surface area contributed by atoms with Crippen LogP contribution in [0.15, 0.2) is 59.7 Å². The molecular formula is C22H21N7O2. The number of nitrogens with zero attached hydrogens (tertiary/aromatic N) is 6. The number of nitrogens with one attached hydrogen (secondary N) is 1. The number of amides is 1. The summed E-state index contributed by atoms with van der Waals surface area (Å²) in [5.74, 6) is -0.237. The Bertz CT molecular complexity index is 1290. The van der Waals surface area contributed by atoms with E-state index in [1.165, 1.54) is 11.0 Å². The molecule has 9 heteroatoms. The van der Waals surface area contributed by atoms with E-state index in [0.29, 0.717) is 22.3 Å². The monoisotopic (exact) mass is 415 g/mol. The van der Waals surface area contributed by atoms with E-state index >= 15 is 0 Å². The third kappa shape index (κ3) is 3.70. The molecule has 1 aliphatic carbocycles. The van der Waals surface area contributed by atoms with Crippen LogP contribution in [0.25, 0.3) is 16.5 Å². The normalized spacial score (nSPS) is 14.2. The van der Waals surface area contributed by atoms with Gasteiger partial charge >= 0.3 is 0 Å². The Morgan fingerprint density at radius 2 is 1.87 bits per heavy atom. The molecule has 31 heavy (non-hydrogen) atoms. The van der Waals surface area contributed by atoms with Crippen LogP contribution in [0.4, 0.5) is 0 Å². The minimum Gasteiger partial charge on any atom is -0.346 e. The summed E-state index contributed by atoms with van der Waals surface area (Å²) < 4.78 is 3.11. The smallest absolute Gasteiger partial charge is 0.274 e. The van der Waals surface area contributed by atoms with Crippen molar-refractivity contribution in [1.82, 2.24) is 35.3 Å². The number of benzene rings is 2. The molecule has 156 valence electrons. The first-order valence-electron chi connectivity index (χ1n) is 10.3. The molecule has 0 atom stereocenters. The standard InChI is InChI=1S/C22H21N7O2/c30-21(15-6-5-9-17(12-15)28-14-24-26-27-28)23-13-20-18-10-3-4-11-19(18)22(31)29(25-20)16-7-1-2-8-16/h3-6,9-12,14,16H,1-2,7-8,13H2,(H,23,30). The maximum atomic E-state index is 13.0. The predicted molar refractivity (Wildman–Crippen MR) is 114 cm³/mol. The lowest BCUT2D eigenvalue weighted by molar-refractivity contribution is 0.0950. The molecule has 4 aromatic rings. The van der Waals surface area contributed by atoms with E-state index < -0.39 is 0 Å². The fourth-order valence-electron chi connectivity index (χ4n) is 4.14. The average Bonchev–Trinajstić information content (AvgIpc) is 3.53. The van der Waals surface area contributed by atoms with Gasteiger partial charge in [-0.15, -0.1) is 5.10 Å². The fraction of sp³-hybridized carbons (Fsp3) is 0.273. The fourth-order valence-corrected chi connectivity index (χ4v) is 4.14. The summed E-state index contributed by atoms with van der Waals surface area (Å²) in [5, 5.41) is 20.1. The van der Waals surface area contributed by atoms with Gasteiger partial charge in [-0.25, -0.2) is 9.36 Å². The molecule has 0 unspecified atom stereocenters. The molecule has 2 heterocycles. The number of hydrogen-bond donors (Lipinski definition) is 1. The molecule has 1 N–H and O–H groups in total. The zero-order chi connectivity index (χ0) is 21.2. The van der Waals surface area contributed by atoms with Crippen molar-refractivity contribution in [3.63, 3.8) is 0 Å². The van der Waals surface area contributed by atoms with Crippen LogP contribution in [-0.2, 0) is 6.54 Å². The Hall–Kier alpha value is -3.88. The molecule has 0 bridgehead atoms. The van der Waals surface area contributed by atoms with Crippen LogP contribution in [0, 0.1) is 0 Å². The highest BCUT2D eigenvalue weighted by molar-refractivity contribution is 5.95. The van der Waals surface area contributed by atoms with E-state index in [0.717, 1.165) is 31.1 Å². The Labute approximate surface area is 177 Å². The first kappa shape index (κ1) is 19.1. The number of carbonyl (C=O) groups excluding carboxylic acids is 1. The van der Waals surface area contributed by atoms with Crippen LogP contribution >= 0.6 is 0 Å². The number of rotatable bonds is 5. The first-order valence-corrected chi connectivity index (χ1v) is 10.3. The van der Waals surface area contributed by atoms with Gasteiger partial charge in [0.25, 0.3) is 11.5 Å². The molecule has 1 fully saturated rings. The van der Waals surface area contributed by atoms with Crippen LogP contribution in [0.1, 0.15) is 47.8 Å². The van der Waals surface area contributed by atoms with Crippen molar-refractivity contribution in [1.29, 1.82) is 0 Å². The molecule has 9 nitrogen and oxygen atoms in total. The number of fused-ring (bicyclic) bond motifs is 1. The third-order valence-corrected chi connectivity index (χ3v) is 5.71. The van der Waals surface area contributed by atoms with Crippen molar-refractivity contribution in [3.05, 3.63) is 76.5 Å². The van der Waals surface area contributed by atoms with Crippen molar-refractivity contribution < 1.29 is 4.79 Å². The van der Waals surface area contributed by atoms with Crippen molar-refractivity contribution >= 4 is 16.7 Å². The van der Waals surface area contributed by atoms with Gasteiger partial charge in [-0.05, 0) is 47.5 Å². The van der Waals surface area contributed by atoms with E-state index in [9.17, 15) is 9.59 Å². The number of hydrogen-bond acceptors (Lipinski definition) is 6. The Kier molecular flexibility index (Phi) is 4.99. The van der Waals surface area contributed by atoms with Gasteiger partial charge in [-0.2, -0.15) is 5.10 Å². The lowest BCUT2D eigenvalue weighted by Gasteiger charge is -2.16. The second-order valence-electron chi connectivity index (χ2n) is 7.67. The quantitative estimate of drug-likeness (QED) is 0.536. The molecule has 0 saturated heterocycles. The van der Waals surface area contributed by atoms with Gasteiger partial charge in [0.1, 0.15) is 6.33 Å². The topological polar surface area (TPSA) is 108 Å². The molecule has 0 radical (unpaired) electrons. The van der Waals surface area contributed by atoms with E-state index in [2.05, 4.69) is 25.9 Å². The maximum Gasteiger partial charge on any atom is 0.274 e. The molecule has 2 aromatic carbocycles. The zero-order valence-corrected chi connectivity index (χ0v) is 16.8. The second-order valence-corrected chi connectivity index (χ2v) is 7.67. The minimum absolute atomic E-state index is 0.0632. The molecule has 0 spiro atoms. The molecule has 1 amide bonds. The van der Waals surface area contributed by atoms with Gasteiger partial charge in [0, 0.05) is 10.9 Å². The van der Waals surface area contributed by atoms with Crippen molar-refractivity contribution in [3.8, 4) is 5.69 Å². The molecule has 5 rings (SSSR count). The van der Waals surface area contributed by atoms with Gasteiger partial charge in [0.05, 0.1) is 29.4 Å². The van der Waals surface area contributed by atoms with E-state index in [-0.39, 0.29) is 24.1 Å². The SMILES string of the molecule is O=C(NCc1nn(C2CCCC2)c(=O)c2ccccc12)c1cccc(-n2cnnn2)c1. The second kappa shape index (κ2) is 8.10. The Balaban J connectivity index is 1.43. The molecule has 2 aromatic heterocycles. The van der Waals surface area contributed by atoms with Gasteiger partial charge in [0.2, 0.25) is 0 Å². The number of tetrazole rings is 1. The summed E-state index contributed by atoms with van der Waals surface area (Å²) >= 11 is 0. The zero-order valence-electron chi connectivity index (χ0n) is 16.8.